The molecule has 1 aliphatic heterocycles. The monoisotopic (exact) mass is 325 g/mol. The highest BCUT2D eigenvalue weighted by molar-refractivity contribution is 5.93. The molecule has 0 saturated heterocycles. The van der Waals surface area contributed by atoms with Crippen molar-refractivity contribution in [2.24, 2.45) is 0 Å². The van der Waals surface area contributed by atoms with E-state index in [-0.39, 0.29) is 18.1 Å². The number of anilines is 1. The van der Waals surface area contributed by atoms with Gasteiger partial charge in [-0.3, -0.25) is 9.78 Å². The zero-order valence-corrected chi connectivity index (χ0v) is 13.6. The fourth-order valence-electron chi connectivity index (χ4n) is 2.84. The molecule has 5 heteroatoms. The number of hydrogen-bond acceptors (Lipinski definition) is 3. The number of amides is 1. The summed E-state index contributed by atoms with van der Waals surface area (Å²) in [5.74, 6) is -0.439. The number of carbonyl (C=O) groups excluding carboxylic acids is 1. The molecule has 2 N–H and O–H groups in total. The summed E-state index contributed by atoms with van der Waals surface area (Å²) in [5, 5.41) is 6.12. The van der Waals surface area contributed by atoms with Crippen molar-refractivity contribution in [2.45, 2.75) is 19.8 Å². The number of carbonyl (C=O) groups is 1. The second-order valence-electron chi connectivity index (χ2n) is 5.88. The number of pyridine rings is 1. The summed E-state index contributed by atoms with van der Waals surface area (Å²) in [6.45, 7) is 3.52. The average Bonchev–Trinajstić information content (AvgIpc) is 2.59. The van der Waals surface area contributed by atoms with E-state index < -0.39 is 0 Å². The molecule has 124 valence electrons. The van der Waals surface area contributed by atoms with Crippen molar-refractivity contribution in [1.29, 1.82) is 0 Å². The number of aromatic nitrogens is 1. The van der Waals surface area contributed by atoms with Crippen molar-refractivity contribution in [3.63, 3.8) is 0 Å². The molecule has 1 aromatic carbocycles. The Hall–Kier alpha value is -2.53. The van der Waals surface area contributed by atoms with Crippen LogP contribution in [0.15, 0.2) is 42.6 Å². The Morgan fingerprint density at radius 1 is 1.38 bits per heavy atom. The molecule has 1 amide bonds. The maximum atomic E-state index is 13.2. The maximum absolute atomic E-state index is 13.2. The van der Waals surface area contributed by atoms with E-state index >= 15 is 0 Å². The molecule has 0 spiro atoms. The van der Waals surface area contributed by atoms with Crippen LogP contribution in [0, 0.1) is 12.7 Å². The Kier molecular flexibility index (Phi) is 5.01. The summed E-state index contributed by atoms with van der Waals surface area (Å²) >= 11 is 0. The van der Waals surface area contributed by atoms with E-state index in [1.807, 2.05) is 12.1 Å². The Balaban J connectivity index is 1.76. The van der Waals surface area contributed by atoms with Gasteiger partial charge in [0.25, 0.3) is 0 Å². The van der Waals surface area contributed by atoms with E-state index in [0.717, 1.165) is 30.8 Å². The average molecular weight is 325 g/mol. The van der Waals surface area contributed by atoms with Crippen LogP contribution < -0.4 is 10.6 Å². The quantitative estimate of drug-likeness (QED) is 0.908. The van der Waals surface area contributed by atoms with Gasteiger partial charge in [-0.1, -0.05) is 12.1 Å². The Bertz CT molecular complexity index is 786. The fraction of sp³-hybridized carbons (Fsp3) is 0.263. The van der Waals surface area contributed by atoms with E-state index in [4.69, 9.17) is 0 Å². The number of benzene rings is 1. The molecule has 2 aromatic rings. The highest BCUT2D eigenvalue weighted by Gasteiger charge is 2.14. The van der Waals surface area contributed by atoms with Crippen LogP contribution in [0.2, 0.25) is 0 Å². The van der Waals surface area contributed by atoms with Crippen molar-refractivity contribution in [2.75, 3.05) is 18.4 Å². The molecule has 0 atom stereocenters. The van der Waals surface area contributed by atoms with Gasteiger partial charge in [-0.25, -0.2) is 4.39 Å². The predicted octanol–water partition coefficient (Wildman–Crippen LogP) is 3.09. The van der Waals surface area contributed by atoms with E-state index in [1.165, 1.54) is 17.7 Å². The molecule has 4 nitrogen and oxygen atoms in total. The van der Waals surface area contributed by atoms with Crippen LogP contribution in [-0.2, 0) is 11.2 Å². The zero-order valence-electron chi connectivity index (χ0n) is 13.6. The third kappa shape index (κ3) is 3.86. The summed E-state index contributed by atoms with van der Waals surface area (Å²) in [7, 11) is 0. The van der Waals surface area contributed by atoms with Crippen LogP contribution >= 0.6 is 0 Å². The van der Waals surface area contributed by atoms with Crippen LogP contribution in [-0.4, -0.2) is 24.0 Å². The highest BCUT2D eigenvalue weighted by atomic mass is 19.1. The number of aryl methyl sites for hydroxylation is 1. The lowest BCUT2D eigenvalue weighted by atomic mass is 9.99. The van der Waals surface area contributed by atoms with Crippen molar-refractivity contribution in [3.8, 4) is 0 Å². The van der Waals surface area contributed by atoms with Crippen molar-refractivity contribution in [1.82, 2.24) is 10.3 Å². The molecule has 1 aromatic heterocycles. The van der Waals surface area contributed by atoms with E-state index in [9.17, 15) is 9.18 Å². The van der Waals surface area contributed by atoms with Gasteiger partial charge < -0.3 is 10.6 Å². The molecule has 0 bridgehead atoms. The zero-order chi connectivity index (χ0) is 16.9. The lowest BCUT2D eigenvalue weighted by molar-refractivity contribution is -0.115. The first kappa shape index (κ1) is 16.3. The van der Waals surface area contributed by atoms with Gasteiger partial charge in [0.1, 0.15) is 5.82 Å². The smallest absolute Gasteiger partial charge is 0.228 e. The van der Waals surface area contributed by atoms with Crippen LogP contribution in [0.5, 0.6) is 0 Å². The van der Waals surface area contributed by atoms with Gasteiger partial charge in [-0.05, 0) is 60.9 Å². The molecule has 2 heterocycles. The second kappa shape index (κ2) is 7.36. The Labute approximate surface area is 140 Å². The molecule has 0 aliphatic carbocycles. The van der Waals surface area contributed by atoms with Crippen LogP contribution in [0.3, 0.4) is 0 Å². The first-order chi connectivity index (χ1) is 11.6. The molecule has 1 aliphatic rings. The molecule has 3 rings (SSSR count). The number of nitrogens with zero attached hydrogens (tertiary/aromatic N) is 1. The highest BCUT2D eigenvalue weighted by Crippen LogP contribution is 2.22. The number of halogens is 1. The number of nitrogens with one attached hydrogen (secondary N) is 2. The maximum Gasteiger partial charge on any atom is 0.228 e. The third-order valence-electron chi connectivity index (χ3n) is 4.07. The van der Waals surface area contributed by atoms with Gasteiger partial charge in [0, 0.05) is 18.4 Å². The molecule has 0 unspecified atom stereocenters. The van der Waals surface area contributed by atoms with E-state index in [0.29, 0.717) is 11.3 Å². The molecule has 24 heavy (non-hydrogen) atoms. The van der Waals surface area contributed by atoms with Crippen LogP contribution in [0.25, 0.3) is 5.57 Å². The minimum atomic E-state index is -0.308. The van der Waals surface area contributed by atoms with E-state index in [1.54, 1.807) is 19.2 Å². The standard InChI is InChI=1S/C19H20FN3O/c1-13-11-16(20)4-5-17(13)23-18(24)12-15-3-2-8-22-19(15)14-6-9-21-10-7-14/h2-6,8,11,21H,7,9-10,12H2,1H3,(H,23,24). The lowest BCUT2D eigenvalue weighted by Crippen LogP contribution is -2.21. The second-order valence-corrected chi connectivity index (χ2v) is 5.88. The number of hydrogen-bond donors (Lipinski definition) is 2. The SMILES string of the molecule is Cc1cc(F)ccc1NC(=O)Cc1cccnc1C1=CCNCC1. The molecule has 0 radical (unpaired) electrons. The summed E-state index contributed by atoms with van der Waals surface area (Å²) in [6, 6.07) is 8.12. The first-order valence-corrected chi connectivity index (χ1v) is 8.03. The van der Waals surface area contributed by atoms with Crippen molar-refractivity contribution >= 4 is 17.2 Å². The largest absolute Gasteiger partial charge is 0.326 e. The van der Waals surface area contributed by atoms with Crippen LogP contribution in [0.4, 0.5) is 10.1 Å². The topological polar surface area (TPSA) is 54.0 Å². The molecule has 0 saturated carbocycles. The van der Waals surface area contributed by atoms with Crippen molar-refractivity contribution in [3.05, 3.63) is 65.2 Å². The lowest BCUT2D eigenvalue weighted by Gasteiger charge is -2.16. The van der Waals surface area contributed by atoms with E-state index in [2.05, 4.69) is 21.7 Å². The van der Waals surface area contributed by atoms with Crippen molar-refractivity contribution < 1.29 is 9.18 Å². The summed E-state index contributed by atoms with van der Waals surface area (Å²) in [6.07, 6.45) is 5.02. The third-order valence-corrected chi connectivity index (χ3v) is 4.07. The normalized spacial score (nSPS) is 14.2. The Morgan fingerprint density at radius 3 is 3.00 bits per heavy atom. The summed E-state index contributed by atoms with van der Waals surface area (Å²) in [5.41, 5.74) is 4.31. The molecular formula is C19H20FN3O. The first-order valence-electron chi connectivity index (χ1n) is 8.03. The van der Waals surface area contributed by atoms with Crippen LogP contribution in [0.1, 0.15) is 23.2 Å². The molecule has 0 fully saturated rings. The number of rotatable bonds is 4. The predicted molar refractivity (Wildman–Crippen MR) is 93.2 cm³/mol. The van der Waals surface area contributed by atoms with Gasteiger partial charge in [-0.2, -0.15) is 0 Å². The molecular weight excluding hydrogens is 305 g/mol. The van der Waals surface area contributed by atoms with Gasteiger partial charge >= 0.3 is 0 Å². The fourth-order valence-corrected chi connectivity index (χ4v) is 2.84. The van der Waals surface area contributed by atoms with Gasteiger partial charge in [-0.15, -0.1) is 0 Å². The minimum Gasteiger partial charge on any atom is -0.326 e. The van der Waals surface area contributed by atoms with Gasteiger partial charge in [0.15, 0.2) is 0 Å². The summed E-state index contributed by atoms with van der Waals surface area (Å²) in [4.78, 5) is 16.9. The van der Waals surface area contributed by atoms with Gasteiger partial charge in [0.05, 0.1) is 12.1 Å². The minimum absolute atomic E-state index is 0.131. The Morgan fingerprint density at radius 2 is 2.25 bits per heavy atom. The van der Waals surface area contributed by atoms with Gasteiger partial charge in [0.2, 0.25) is 5.91 Å². The summed E-state index contributed by atoms with van der Waals surface area (Å²) < 4.78 is 13.2.